The van der Waals surface area contributed by atoms with Crippen LogP contribution in [0.2, 0.25) is 0 Å². The quantitative estimate of drug-likeness (QED) is 0.589. The minimum atomic E-state index is -1.35. The number of halogens is 1. The molecule has 1 aliphatic rings. The lowest BCUT2D eigenvalue weighted by atomic mass is 9.94. The van der Waals surface area contributed by atoms with Crippen molar-refractivity contribution in [1.29, 1.82) is 0 Å². The van der Waals surface area contributed by atoms with Crippen molar-refractivity contribution in [2.24, 2.45) is 0 Å². The molecule has 1 aromatic rings. The maximum Gasteiger partial charge on any atom is 0.126 e. The third-order valence-corrected chi connectivity index (χ3v) is 8.67. The largest absolute Gasteiger partial charge is 0.281 e. The van der Waals surface area contributed by atoms with Crippen molar-refractivity contribution < 1.29 is 4.39 Å². The molecule has 0 aromatic heterocycles. The lowest BCUT2D eigenvalue weighted by molar-refractivity contribution is 0.581. The summed E-state index contributed by atoms with van der Waals surface area (Å²) >= 11 is 0. The van der Waals surface area contributed by atoms with Crippen molar-refractivity contribution in [2.75, 3.05) is 19.8 Å². The Morgan fingerprint density at radius 2 is 1.74 bits per heavy atom. The molecule has 0 amide bonds. The number of hydrogen-bond acceptors (Lipinski definition) is 1. The van der Waals surface area contributed by atoms with Gasteiger partial charge in [0.15, 0.2) is 0 Å². The first kappa shape index (κ1) is 14.8. The normalized spacial score (nSPS) is 21.8. The zero-order chi connectivity index (χ0) is 14.4. The highest BCUT2D eigenvalue weighted by Gasteiger charge is 2.35. The summed E-state index contributed by atoms with van der Waals surface area (Å²) in [5, 5.41) is 0. The first-order chi connectivity index (χ1) is 8.75. The van der Waals surface area contributed by atoms with Crippen LogP contribution in [0, 0.1) is 19.7 Å². The predicted molar refractivity (Wildman–Crippen MR) is 85.3 cm³/mol. The van der Waals surface area contributed by atoms with Gasteiger partial charge >= 0.3 is 0 Å². The maximum absolute atomic E-state index is 14.2. The zero-order valence-corrected chi connectivity index (χ0v) is 13.6. The molecule has 0 N–H and O–H groups in total. The van der Waals surface area contributed by atoms with Gasteiger partial charge in [-0.1, -0.05) is 33.2 Å². The average Bonchev–Trinajstić information content (AvgIpc) is 3.16. The Hall–Kier alpha value is -0.590. The van der Waals surface area contributed by atoms with Crippen molar-refractivity contribution in [1.82, 2.24) is 4.67 Å². The average molecular weight is 281 g/mol. The molecule has 1 nitrogen and oxygen atoms in total. The van der Waals surface area contributed by atoms with Crippen LogP contribution in [-0.4, -0.2) is 36.4 Å². The standard InChI is InChI=1S/C16H25FNP/c1-11-9-15(16(17)10-12(11)2)13(3)14(4)19(5,6)18-7-8-18/h9-10,13-14H,5,7-8H2,1-4,6H3. The first-order valence-electron chi connectivity index (χ1n) is 6.97. The smallest absolute Gasteiger partial charge is 0.126 e. The molecule has 3 unspecified atom stereocenters. The van der Waals surface area contributed by atoms with E-state index in [9.17, 15) is 4.39 Å². The van der Waals surface area contributed by atoms with Crippen molar-refractivity contribution >= 4 is 13.3 Å². The minimum absolute atomic E-state index is 0.0618. The van der Waals surface area contributed by atoms with E-state index in [1.165, 1.54) is 18.7 Å². The molecule has 3 heteroatoms. The fourth-order valence-corrected chi connectivity index (χ4v) is 5.30. The number of nitrogens with zero attached hydrogens (tertiary/aromatic N) is 1. The second-order valence-corrected chi connectivity index (χ2v) is 9.96. The number of aryl methyl sites for hydroxylation is 2. The van der Waals surface area contributed by atoms with E-state index in [4.69, 9.17) is 0 Å². The van der Waals surface area contributed by atoms with E-state index in [-0.39, 0.29) is 11.7 Å². The molecule has 19 heavy (non-hydrogen) atoms. The highest BCUT2D eigenvalue weighted by atomic mass is 31.2. The van der Waals surface area contributed by atoms with Crippen LogP contribution in [0.25, 0.3) is 0 Å². The van der Waals surface area contributed by atoms with Gasteiger partial charge in [0.25, 0.3) is 0 Å². The summed E-state index contributed by atoms with van der Waals surface area (Å²) in [5.74, 6) is 0.156. The van der Waals surface area contributed by atoms with Crippen LogP contribution in [0.3, 0.4) is 0 Å². The molecule has 0 aliphatic carbocycles. The summed E-state index contributed by atoms with van der Waals surface area (Å²) < 4.78 is 16.7. The van der Waals surface area contributed by atoms with Gasteiger partial charge in [-0.2, -0.15) is 0 Å². The van der Waals surface area contributed by atoms with Gasteiger partial charge in [-0.25, -0.2) is 4.39 Å². The van der Waals surface area contributed by atoms with Gasteiger partial charge in [0.05, 0.1) is 0 Å². The van der Waals surface area contributed by atoms with Gasteiger partial charge < -0.3 is 0 Å². The van der Waals surface area contributed by atoms with Crippen molar-refractivity contribution in [2.45, 2.75) is 39.3 Å². The third-order valence-electron chi connectivity index (χ3n) is 4.77. The molecule has 2 rings (SSSR count). The lowest BCUT2D eigenvalue weighted by Crippen LogP contribution is -2.18. The second-order valence-electron chi connectivity index (χ2n) is 6.15. The van der Waals surface area contributed by atoms with E-state index in [1.54, 1.807) is 6.07 Å². The Morgan fingerprint density at radius 3 is 2.26 bits per heavy atom. The van der Waals surface area contributed by atoms with Crippen LogP contribution in [-0.2, 0) is 0 Å². The summed E-state index contributed by atoms with van der Waals surface area (Å²) in [7, 11) is -1.35. The molecular formula is C16H25FNP. The molecule has 1 heterocycles. The Balaban J connectivity index is 2.31. The Labute approximate surface area is 116 Å². The van der Waals surface area contributed by atoms with Crippen LogP contribution >= 0.6 is 7.04 Å². The predicted octanol–water partition coefficient (Wildman–Crippen LogP) is 4.24. The summed E-state index contributed by atoms with van der Waals surface area (Å²) in [6, 6.07) is 3.69. The number of rotatable bonds is 4. The molecule has 1 aromatic carbocycles. The fourth-order valence-electron chi connectivity index (χ4n) is 2.65. The van der Waals surface area contributed by atoms with Gasteiger partial charge in [0, 0.05) is 13.1 Å². The van der Waals surface area contributed by atoms with Gasteiger partial charge in [-0.15, -0.1) is 0 Å². The molecule has 0 saturated carbocycles. The van der Waals surface area contributed by atoms with Crippen LogP contribution in [0.5, 0.6) is 0 Å². The third kappa shape index (κ3) is 2.80. The Morgan fingerprint density at radius 1 is 1.21 bits per heavy atom. The second kappa shape index (κ2) is 5.07. The summed E-state index contributed by atoms with van der Waals surface area (Å²) in [4.78, 5) is 0. The SMILES string of the molecule is C=P(C)(C(C)C(C)c1cc(C)c(C)cc1F)N1CC1. The number of hydrogen-bond donors (Lipinski definition) is 0. The molecule has 1 saturated heterocycles. The molecule has 3 atom stereocenters. The van der Waals surface area contributed by atoms with E-state index >= 15 is 0 Å². The van der Waals surface area contributed by atoms with Crippen LogP contribution in [0.15, 0.2) is 12.1 Å². The minimum Gasteiger partial charge on any atom is -0.281 e. The highest BCUT2D eigenvalue weighted by Crippen LogP contribution is 2.57. The van der Waals surface area contributed by atoms with Gasteiger partial charge in [0.2, 0.25) is 0 Å². The van der Waals surface area contributed by atoms with Crippen molar-refractivity contribution in [3.8, 4) is 0 Å². The van der Waals surface area contributed by atoms with Crippen molar-refractivity contribution in [3.05, 3.63) is 34.6 Å². The molecule has 106 valence electrons. The van der Waals surface area contributed by atoms with Gasteiger partial charge in [0.1, 0.15) is 5.82 Å². The molecule has 0 spiro atoms. The Bertz CT molecular complexity index is 534. The van der Waals surface area contributed by atoms with E-state index < -0.39 is 7.04 Å². The molecule has 1 aliphatic heterocycles. The Kier molecular flexibility index (Phi) is 3.95. The van der Waals surface area contributed by atoms with Gasteiger partial charge in [-0.3, -0.25) is 4.67 Å². The fraction of sp³-hybridized carbons (Fsp3) is 0.562. The highest BCUT2D eigenvalue weighted by molar-refractivity contribution is 7.71. The number of benzene rings is 1. The maximum atomic E-state index is 14.2. The topological polar surface area (TPSA) is 3.01 Å². The molecule has 1 fully saturated rings. The molecular weight excluding hydrogens is 256 g/mol. The van der Waals surface area contributed by atoms with Crippen LogP contribution in [0.1, 0.15) is 36.5 Å². The monoisotopic (exact) mass is 281 g/mol. The van der Waals surface area contributed by atoms with Gasteiger partial charge in [-0.05, 0) is 54.8 Å². The van der Waals surface area contributed by atoms with E-state index in [2.05, 4.69) is 38.4 Å². The summed E-state index contributed by atoms with van der Waals surface area (Å²) in [6.07, 6.45) is 4.46. The van der Waals surface area contributed by atoms with E-state index in [1.807, 2.05) is 13.0 Å². The summed E-state index contributed by atoms with van der Waals surface area (Å²) in [5.41, 5.74) is 3.48. The molecule has 0 bridgehead atoms. The lowest BCUT2D eigenvalue weighted by Gasteiger charge is -2.33. The first-order valence-corrected chi connectivity index (χ1v) is 9.42. The molecule has 0 radical (unpaired) electrons. The van der Waals surface area contributed by atoms with Crippen molar-refractivity contribution in [3.63, 3.8) is 0 Å². The zero-order valence-electron chi connectivity index (χ0n) is 12.7. The van der Waals surface area contributed by atoms with Crippen LogP contribution < -0.4 is 0 Å². The van der Waals surface area contributed by atoms with Crippen LogP contribution in [0.4, 0.5) is 4.39 Å². The van der Waals surface area contributed by atoms with E-state index in [0.717, 1.165) is 11.1 Å². The summed E-state index contributed by atoms with van der Waals surface area (Å²) in [6.45, 7) is 13.0. The van der Waals surface area contributed by atoms with E-state index in [0.29, 0.717) is 5.66 Å².